The first-order chi connectivity index (χ1) is 11.6. The van der Waals surface area contributed by atoms with Crippen molar-refractivity contribution in [3.63, 3.8) is 0 Å². The molecular weight excluding hydrogens is 304 g/mol. The Balaban J connectivity index is 1.59. The van der Waals surface area contributed by atoms with Gasteiger partial charge >= 0.3 is 0 Å². The number of benzene rings is 1. The summed E-state index contributed by atoms with van der Waals surface area (Å²) in [7, 11) is 0. The predicted octanol–water partition coefficient (Wildman–Crippen LogP) is 2.61. The molecule has 0 aliphatic heterocycles. The monoisotopic (exact) mass is 326 g/mol. The van der Waals surface area contributed by atoms with Crippen molar-refractivity contribution in [2.24, 2.45) is 5.41 Å². The van der Waals surface area contributed by atoms with E-state index in [1.54, 1.807) is 0 Å². The zero-order valence-corrected chi connectivity index (χ0v) is 13.8. The number of para-hydroxylation sites is 1. The summed E-state index contributed by atoms with van der Waals surface area (Å²) in [5.74, 6) is -0.163. The Kier molecular flexibility index (Phi) is 3.68. The van der Waals surface area contributed by atoms with E-state index in [9.17, 15) is 9.59 Å². The molecule has 2 unspecified atom stereocenters. The van der Waals surface area contributed by atoms with Crippen LogP contribution in [-0.4, -0.2) is 29.6 Å². The topological polar surface area (TPSA) is 71.2 Å². The fourth-order valence-corrected chi connectivity index (χ4v) is 4.27. The van der Waals surface area contributed by atoms with Crippen LogP contribution in [0.3, 0.4) is 0 Å². The molecule has 2 fully saturated rings. The lowest BCUT2D eigenvalue weighted by molar-refractivity contribution is -0.169. The van der Waals surface area contributed by atoms with Gasteiger partial charge in [-0.3, -0.25) is 9.59 Å². The van der Waals surface area contributed by atoms with E-state index in [1.807, 2.05) is 31.2 Å². The van der Waals surface area contributed by atoms with Crippen molar-refractivity contribution in [2.75, 3.05) is 6.61 Å². The first kappa shape index (κ1) is 15.4. The van der Waals surface area contributed by atoms with Gasteiger partial charge < -0.3 is 15.0 Å². The maximum Gasteiger partial charge on any atom is 0.252 e. The fraction of sp³-hybridized carbons (Fsp3) is 0.474. The van der Waals surface area contributed by atoms with Crippen molar-refractivity contribution in [3.05, 3.63) is 46.2 Å². The Labute approximate surface area is 140 Å². The van der Waals surface area contributed by atoms with E-state index < -0.39 is 0 Å². The third-order valence-electron chi connectivity index (χ3n) is 5.74. The number of carbonyl (C=O) groups is 1. The molecule has 0 saturated heterocycles. The van der Waals surface area contributed by atoms with Crippen LogP contribution in [0.15, 0.2) is 35.1 Å². The Morgan fingerprint density at radius 3 is 2.88 bits per heavy atom. The molecule has 2 aliphatic carbocycles. The van der Waals surface area contributed by atoms with Crippen molar-refractivity contribution >= 4 is 16.8 Å². The van der Waals surface area contributed by atoms with Gasteiger partial charge in [-0.05, 0) is 32.3 Å². The van der Waals surface area contributed by atoms with E-state index >= 15 is 0 Å². The van der Waals surface area contributed by atoms with E-state index in [0.29, 0.717) is 17.7 Å². The molecule has 2 saturated carbocycles. The highest BCUT2D eigenvalue weighted by atomic mass is 16.5. The molecule has 2 N–H and O–H groups in total. The molecule has 1 amide bonds. The van der Waals surface area contributed by atoms with Gasteiger partial charge in [-0.25, -0.2) is 0 Å². The summed E-state index contributed by atoms with van der Waals surface area (Å²) in [5, 5.41) is 3.94. The Hall–Kier alpha value is -2.14. The zero-order chi connectivity index (χ0) is 16.7. The third kappa shape index (κ3) is 2.26. The highest BCUT2D eigenvalue weighted by Crippen LogP contribution is 2.57. The molecule has 1 aromatic carbocycles. The second-order valence-corrected chi connectivity index (χ2v) is 6.89. The molecule has 24 heavy (non-hydrogen) atoms. The molecule has 1 heterocycles. The van der Waals surface area contributed by atoms with Crippen molar-refractivity contribution < 1.29 is 9.53 Å². The molecule has 2 aliphatic rings. The maximum atomic E-state index is 12.8. The van der Waals surface area contributed by atoms with Gasteiger partial charge in [0, 0.05) is 35.0 Å². The first-order valence-corrected chi connectivity index (χ1v) is 8.68. The highest BCUT2D eigenvalue weighted by Gasteiger charge is 2.59. The molecule has 4 rings (SSSR count). The van der Waals surface area contributed by atoms with Crippen LogP contribution in [0.2, 0.25) is 0 Å². The average molecular weight is 326 g/mol. The Morgan fingerprint density at radius 2 is 2.17 bits per heavy atom. The largest absolute Gasteiger partial charge is 0.378 e. The minimum absolute atomic E-state index is 0.114. The van der Waals surface area contributed by atoms with E-state index in [-0.39, 0.29) is 29.0 Å². The number of carbonyl (C=O) groups excluding carboxylic acids is 1. The molecule has 2 aromatic rings. The van der Waals surface area contributed by atoms with Gasteiger partial charge in [0.2, 0.25) is 5.56 Å². The normalized spacial score (nSPS) is 24.4. The zero-order valence-electron chi connectivity index (χ0n) is 13.8. The van der Waals surface area contributed by atoms with Crippen molar-refractivity contribution in [1.82, 2.24) is 10.3 Å². The quantitative estimate of drug-likeness (QED) is 0.907. The molecule has 0 bridgehead atoms. The van der Waals surface area contributed by atoms with Crippen molar-refractivity contribution in [1.29, 1.82) is 0 Å². The number of amides is 1. The van der Waals surface area contributed by atoms with Crippen LogP contribution in [0.4, 0.5) is 0 Å². The van der Waals surface area contributed by atoms with Crippen LogP contribution in [-0.2, 0) is 4.74 Å². The van der Waals surface area contributed by atoms with Gasteiger partial charge in [0.05, 0.1) is 11.7 Å². The number of pyridine rings is 1. The molecular formula is C19H22N2O3. The predicted molar refractivity (Wildman–Crippen MR) is 92.1 cm³/mol. The van der Waals surface area contributed by atoms with Crippen LogP contribution < -0.4 is 10.9 Å². The molecule has 1 spiro atoms. The number of aromatic amines is 1. The number of ether oxygens (including phenoxy) is 1. The van der Waals surface area contributed by atoms with Gasteiger partial charge in [-0.15, -0.1) is 0 Å². The Bertz CT molecular complexity index is 838. The molecule has 1 aromatic heterocycles. The SMILES string of the molecule is CCOC1CC(NC(=O)c2cc(=O)[nH]c3ccccc23)C12CCC2. The van der Waals surface area contributed by atoms with Crippen LogP contribution in [0.1, 0.15) is 43.0 Å². The standard InChI is InChI=1S/C19H22N2O3/c1-2-24-16-11-15(19(16)8-5-9-19)21-18(23)13-10-17(22)20-14-7-4-3-6-12(13)14/h3-4,6-7,10,15-16H,2,5,8-9,11H2,1H3,(H,20,22)(H,21,23). The summed E-state index contributed by atoms with van der Waals surface area (Å²) in [6.45, 7) is 2.73. The molecule has 126 valence electrons. The average Bonchev–Trinajstić information content (AvgIpc) is 2.51. The number of H-pyrrole nitrogens is 1. The van der Waals surface area contributed by atoms with Crippen molar-refractivity contribution in [3.8, 4) is 0 Å². The molecule has 2 atom stereocenters. The van der Waals surface area contributed by atoms with Crippen LogP contribution in [0.25, 0.3) is 10.9 Å². The summed E-state index contributed by atoms with van der Waals surface area (Å²) in [6.07, 6.45) is 4.54. The van der Waals surface area contributed by atoms with Gasteiger partial charge in [-0.2, -0.15) is 0 Å². The number of hydrogen-bond donors (Lipinski definition) is 2. The number of nitrogens with one attached hydrogen (secondary N) is 2. The number of hydrogen-bond acceptors (Lipinski definition) is 3. The number of fused-ring (bicyclic) bond motifs is 1. The number of rotatable bonds is 4. The van der Waals surface area contributed by atoms with Crippen molar-refractivity contribution in [2.45, 2.75) is 44.8 Å². The van der Waals surface area contributed by atoms with Gasteiger partial charge in [-0.1, -0.05) is 24.6 Å². The fourth-order valence-electron chi connectivity index (χ4n) is 4.27. The second kappa shape index (κ2) is 5.74. The summed E-state index contributed by atoms with van der Waals surface area (Å²) < 4.78 is 5.84. The second-order valence-electron chi connectivity index (χ2n) is 6.89. The van der Waals surface area contributed by atoms with Gasteiger partial charge in [0.25, 0.3) is 5.91 Å². The maximum absolute atomic E-state index is 12.8. The molecule has 0 radical (unpaired) electrons. The third-order valence-corrected chi connectivity index (χ3v) is 5.74. The van der Waals surface area contributed by atoms with E-state index in [4.69, 9.17) is 4.74 Å². The minimum atomic E-state index is -0.252. The van der Waals surface area contributed by atoms with Crippen LogP contribution in [0.5, 0.6) is 0 Å². The lowest BCUT2D eigenvalue weighted by atomic mass is 9.51. The molecule has 5 nitrogen and oxygen atoms in total. The lowest BCUT2D eigenvalue weighted by Crippen LogP contribution is -2.67. The first-order valence-electron chi connectivity index (χ1n) is 8.68. The summed E-state index contributed by atoms with van der Waals surface area (Å²) in [6, 6.07) is 8.94. The van der Waals surface area contributed by atoms with Crippen LogP contribution >= 0.6 is 0 Å². The van der Waals surface area contributed by atoms with Gasteiger partial charge in [0.15, 0.2) is 0 Å². The summed E-state index contributed by atoms with van der Waals surface area (Å²) in [4.78, 5) is 27.4. The van der Waals surface area contributed by atoms with Crippen LogP contribution in [0, 0.1) is 5.41 Å². The van der Waals surface area contributed by atoms with Gasteiger partial charge in [0.1, 0.15) is 0 Å². The summed E-state index contributed by atoms with van der Waals surface area (Å²) >= 11 is 0. The lowest BCUT2D eigenvalue weighted by Gasteiger charge is -2.61. The number of aromatic nitrogens is 1. The molecule has 5 heteroatoms. The Morgan fingerprint density at radius 1 is 1.38 bits per heavy atom. The van der Waals surface area contributed by atoms with E-state index in [2.05, 4.69) is 10.3 Å². The summed E-state index contributed by atoms with van der Waals surface area (Å²) in [5.41, 5.74) is 0.999. The highest BCUT2D eigenvalue weighted by molar-refractivity contribution is 6.06. The smallest absolute Gasteiger partial charge is 0.252 e. The van der Waals surface area contributed by atoms with E-state index in [0.717, 1.165) is 24.6 Å². The van der Waals surface area contributed by atoms with E-state index in [1.165, 1.54) is 12.5 Å². The minimum Gasteiger partial charge on any atom is -0.378 e.